The third-order valence-electron chi connectivity index (χ3n) is 6.10. The first-order valence-electron chi connectivity index (χ1n) is 11.3. The Morgan fingerprint density at radius 2 is 1.94 bits per heavy atom. The molecule has 3 aromatic rings. The molecule has 0 saturated carbocycles. The summed E-state index contributed by atoms with van der Waals surface area (Å²) in [7, 11) is -2.97. The van der Waals surface area contributed by atoms with Gasteiger partial charge in [0.1, 0.15) is 5.82 Å². The molecule has 1 saturated heterocycles. The molecule has 33 heavy (non-hydrogen) atoms. The van der Waals surface area contributed by atoms with Crippen molar-refractivity contribution in [3.63, 3.8) is 0 Å². The maximum absolute atomic E-state index is 13.1. The van der Waals surface area contributed by atoms with Crippen LogP contribution in [0.25, 0.3) is 11.4 Å². The van der Waals surface area contributed by atoms with Crippen molar-refractivity contribution < 1.29 is 13.2 Å². The molecule has 5 rings (SSSR count). The first kappa shape index (κ1) is 22.2. The third kappa shape index (κ3) is 4.99. The molecule has 3 heterocycles. The first-order chi connectivity index (χ1) is 16.0. The number of anilines is 1. The van der Waals surface area contributed by atoms with Crippen LogP contribution in [0.2, 0.25) is 0 Å². The van der Waals surface area contributed by atoms with Gasteiger partial charge in [-0.05, 0) is 43.5 Å². The summed E-state index contributed by atoms with van der Waals surface area (Å²) in [6.07, 6.45) is 5.01. The summed E-state index contributed by atoms with van der Waals surface area (Å²) in [5.74, 6) is 2.03. The molecule has 1 aromatic heterocycles. The van der Waals surface area contributed by atoms with E-state index in [9.17, 15) is 13.2 Å². The summed E-state index contributed by atoms with van der Waals surface area (Å²) in [6, 6.07) is 15.1. The van der Waals surface area contributed by atoms with Gasteiger partial charge >= 0.3 is 0 Å². The summed E-state index contributed by atoms with van der Waals surface area (Å²) < 4.78 is 25.8. The van der Waals surface area contributed by atoms with Crippen LogP contribution in [0.3, 0.4) is 0 Å². The van der Waals surface area contributed by atoms with E-state index in [0.717, 1.165) is 47.9 Å². The Morgan fingerprint density at radius 3 is 2.79 bits per heavy atom. The molecule has 0 spiro atoms. The quantitative estimate of drug-likeness (QED) is 0.586. The van der Waals surface area contributed by atoms with Crippen molar-refractivity contribution in [3.8, 4) is 11.4 Å². The second-order valence-electron chi connectivity index (χ2n) is 8.58. The second-order valence-corrected chi connectivity index (χ2v) is 12.1. The Morgan fingerprint density at radius 1 is 1.06 bits per heavy atom. The van der Waals surface area contributed by atoms with E-state index in [-0.39, 0.29) is 22.7 Å². The van der Waals surface area contributed by atoms with Crippen molar-refractivity contribution in [3.05, 3.63) is 59.9 Å². The number of rotatable bonds is 5. The number of hydrogen-bond donors (Lipinski definition) is 1. The van der Waals surface area contributed by atoms with Crippen molar-refractivity contribution in [2.24, 2.45) is 0 Å². The van der Waals surface area contributed by atoms with Crippen LogP contribution in [0.1, 0.15) is 41.9 Å². The lowest BCUT2D eigenvalue weighted by molar-refractivity contribution is 0.102. The standard InChI is InChI=1S/C24H26N4O3S2/c29-24(20-9-3-4-10-21(20)32-19-12-14-33(30,31)16-19)25-18-8-6-7-17(15-18)23-27-26-22-11-2-1-5-13-28(22)23/h3-4,6-10,15,19H,1-2,5,11-14,16H2,(H,25,29). The highest BCUT2D eigenvalue weighted by atomic mass is 32.2. The van der Waals surface area contributed by atoms with Crippen LogP contribution in [0.4, 0.5) is 5.69 Å². The Bertz CT molecular complexity index is 1290. The highest BCUT2D eigenvalue weighted by molar-refractivity contribution is 8.02. The number of benzene rings is 2. The van der Waals surface area contributed by atoms with Gasteiger partial charge in [-0.3, -0.25) is 4.79 Å². The highest BCUT2D eigenvalue weighted by Gasteiger charge is 2.29. The topological polar surface area (TPSA) is 93.9 Å². The van der Waals surface area contributed by atoms with Crippen LogP contribution in [0.5, 0.6) is 0 Å². The van der Waals surface area contributed by atoms with E-state index >= 15 is 0 Å². The predicted octanol–water partition coefficient (Wildman–Crippen LogP) is 4.20. The Kier molecular flexibility index (Phi) is 6.25. The lowest BCUT2D eigenvalue weighted by Crippen LogP contribution is -2.14. The van der Waals surface area contributed by atoms with Crippen molar-refractivity contribution in [1.29, 1.82) is 0 Å². The van der Waals surface area contributed by atoms with Gasteiger partial charge in [0.25, 0.3) is 5.91 Å². The molecule has 0 radical (unpaired) electrons. The Hall–Kier alpha value is -2.65. The number of amides is 1. The van der Waals surface area contributed by atoms with E-state index in [1.54, 1.807) is 6.07 Å². The molecule has 1 amide bonds. The van der Waals surface area contributed by atoms with Crippen molar-refractivity contribution >= 4 is 33.2 Å². The lowest BCUT2D eigenvalue weighted by Gasteiger charge is -2.13. The van der Waals surface area contributed by atoms with E-state index in [1.165, 1.54) is 18.2 Å². The van der Waals surface area contributed by atoms with Crippen LogP contribution in [0.15, 0.2) is 53.4 Å². The fourth-order valence-electron chi connectivity index (χ4n) is 4.42. The molecule has 2 aliphatic rings. The van der Waals surface area contributed by atoms with Gasteiger partial charge < -0.3 is 9.88 Å². The van der Waals surface area contributed by atoms with Gasteiger partial charge in [-0.1, -0.05) is 30.7 Å². The number of sulfone groups is 1. The zero-order chi connectivity index (χ0) is 22.8. The predicted molar refractivity (Wildman–Crippen MR) is 130 cm³/mol. The number of aromatic nitrogens is 3. The second kappa shape index (κ2) is 9.30. The Balaban J connectivity index is 1.35. The van der Waals surface area contributed by atoms with Gasteiger partial charge in [-0.25, -0.2) is 8.42 Å². The molecule has 1 atom stereocenters. The highest BCUT2D eigenvalue weighted by Crippen LogP contribution is 2.33. The number of carbonyl (C=O) groups is 1. The van der Waals surface area contributed by atoms with E-state index in [2.05, 4.69) is 20.1 Å². The number of nitrogens with zero attached hydrogens (tertiary/aromatic N) is 3. The van der Waals surface area contributed by atoms with Gasteiger partial charge in [0.2, 0.25) is 0 Å². The van der Waals surface area contributed by atoms with Crippen LogP contribution >= 0.6 is 11.8 Å². The first-order valence-corrected chi connectivity index (χ1v) is 14.0. The average molecular weight is 483 g/mol. The SMILES string of the molecule is O=C(Nc1cccc(-c2nnc3n2CCCCC3)c1)c1ccccc1SC1CCS(=O)(=O)C1. The molecule has 172 valence electrons. The van der Waals surface area contributed by atoms with Gasteiger partial charge in [0.15, 0.2) is 15.7 Å². The van der Waals surface area contributed by atoms with E-state index in [0.29, 0.717) is 17.7 Å². The number of carbonyl (C=O) groups excluding carboxylic acids is 1. The van der Waals surface area contributed by atoms with E-state index in [1.807, 2.05) is 42.5 Å². The molecule has 2 aromatic carbocycles. The van der Waals surface area contributed by atoms with Crippen molar-refractivity contribution in [2.75, 3.05) is 16.8 Å². The van der Waals surface area contributed by atoms with Gasteiger partial charge in [-0.15, -0.1) is 22.0 Å². The maximum atomic E-state index is 13.1. The molecule has 1 unspecified atom stereocenters. The van der Waals surface area contributed by atoms with Gasteiger partial charge in [-0.2, -0.15) is 0 Å². The van der Waals surface area contributed by atoms with Crippen molar-refractivity contribution in [2.45, 2.75) is 48.8 Å². The van der Waals surface area contributed by atoms with E-state index in [4.69, 9.17) is 0 Å². The number of fused-ring (bicyclic) bond motifs is 1. The molecule has 9 heteroatoms. The summed E-state index contributed by atoms with van der Waals surface area (Å²) in [6.45, 7) is 0.912. The maximum Gasteiger partial charge on any atom is 0.256 e. The fraction of sp³-hybridized carbons (Fsp3) is 0.375. The number of nitrogens with one attached hydrogen (secondary N) is 1. The van der Waals surface area contributed by atoms with Gasteiger partial charge in [0, 0.05) is 34.4 Å². The minimum Gasteiger partial charge on any atom is -0.322 e. The van der Waals surface area contributed by atoms with Crippen molar-refractivity contribution in [1.82, 2.24) is 14.8 Å². The van der Waals surface area contributed by atoms with Crippen LogP contribution in [-0.2, 0) is 22.8 Å². The number of aryl methyl sites for hydroxylation is 1. The van der Waals surface area contributed by atoms with Crippen LogP contribution in [-0.4, -0.2) is 45.8 Å². The zero-order valence-electron chi connectivity index (χ0n) is 18.2. The summed E-state index contributed by atoms with van der Waals surface area (Å²) in [5, 5.41) is 11.8. The number of thioether (sulfide) groups is 1. The minimum absolute atomic E-state index is 0.0181. The average Bonchev–Trinajstić information content (AvgIpc) is 3.27. The normalized spacial score (nSPS) is 19.6. The summed E-state index contributed by atoms with van der Waals surface area (Å²) in [5.41, 5.74) is 2.16. The summed E-state index contributed by atoms with van der Waals surface area (Å²) >= 11 is 1.48. The molecule has 2 aliphatic heterocycles. The molecule has 1 fully saturated rings. The largest absolute Gasteiger partial charge is 0.322 e. The van der Waals surface area contributed by atoms with Crippen LogP contribution < -0.4 is 5.32 Å². The molecule has 1 N–H and O–H groups in total. The minimum atomic E-state index is -2.97. The smallest absolute Gasteiger partial charge is 0.256 e. The monoisotopic (exact) mass is 482 g/mol. The molecular formula is C24H26N4O3S2. The molecule has 0 aliphatic carbocycles. The zero-order valence-corrected chi connectivity index (χ0v) is 19.9. The Labute approximate surface area is 197 Å². The van der Waals surface area contributed by atoms with Gasteiger partial charge in [0.05, 0.1) is 17.1 Å². The van der Waals surface area contributed by atoms with E-state index < -0.39 is 9.84 Å². The molecular weight excluding hydrogens is 456 g/mol. The fourth-order valence-corrected chi connectivity index (χ4v) is 8.05. The third-order valence-corrected chi connectivity index (χ3v) is 9.43. The lowest BCUT2D eigenvalue weighted by atomic mass is 10.1. The summed E-state index contributed by atoms with van der Waals surface area (Å²) in [4.78, 5) is 13.9. The van der Waals surface area contributed by atoms with Crippen LogP contribution in [0, 0.1) is 0 Å². The number of hydrogen-bond acceptors (Lipinski definition) is 6. The molecule has 7 nitrogen and oxygen atoms in total. The molecule has 0 bridgehead atoms.